The topological polar surface area (TPSA) is 76.2 Å². The Morgan fingerprint density at radius 2 is 2.00 bits per heavy atom. The van der Waals surface area contributed by atoms with Gasteiger partial charge in [0.15, 0.2) is 0 Å². The number of amides is 3. The zero-order chi connectivity index (χ0) is 20.5. The van der Waals surface area contributed by atoms with Gasteiger partial charge in [0.05, 0.1) is 12.0 Å². The Morgan fingerprint density at radius 3 is 2.72 bits per heavy atom. The molecule has 4 rings (SSSR count). The maximum atomic E-state index is 13.3. The van der Waals surface area contributed by atoms with E-state index in [1.54, 1.807) is 4.90 Å². The first-order chi connectivity index (χ1) is 14.0. The van der Waals surface area contributed by atoms with E-state index in [1.165, 1.54) is 4.90 Å². The van der Waals surface area contributed by atoms with Gasteiger partial charge in [0, 0.05) is 12.1 Å². The third kappa shape index (κ3) is 3.58. The minimum Gasteiger partial charge on any atom is -0.447 e. The number of cyclic esters (lactones) is 1. The number of hydrogen-bond donors (Lipinski definition) is 0. The van der Waals surface area contributed by atoms with Gasteiger partial charge in [0.1, 0.15) is 13.2 Å². The second-order valence-corrected chi connectivity index (χ2v) is 8.33. The molecule has 0 unspecified atom stereocenters. The molecule has 5 atom stereocenters. The molecule has 3 aliphatic rings. The van der Waals surface area contributed by atoms with Crippen LogP contribution in [-0.4, -0.2) is 52.6 Å². The molecule has 7 nitrogen and oxygen atoms in total. The van der Waals surface area contributed by atoms with Gasteiger partial charge in [-0.1, -0.05) is 50.6 Å². The Bertz CT molecular complexity index is 783. The molecular formula is C22H28N2O5. The second kappa shape index (κ2) is 8.05. The standard InChI is InChI=1S/C22H28N2O5/c1-3-14(2)19-13-29-22(27)24(19)20(25)17-11-16-9-10-18(17)23(16)21(26)28-12-15-7-5-4-6-8-15/h4-8,14,16-19H,3,9-13H2,1-2H3/t14-,16+,17+,18-,19+/m0/s1. The lowest BCUT2D eigenvalue weighted by atomic mass is 9.87. The zero-order valence-electron chi connectivity index (χ0n) is 17.0. The molecule has 0 aromatic heterocycles. The Balaban J connectivity index is 1.43. The van der Waals surface area contributed by atoms with Crippen LogP contribution in [0.5, 0.6) is 0 Å². The van der Waals surface area contributed by atoms with Gasteiger partial charge in [-0.3, -0.25) is 4.79 Å². The first-order valence-corrected chi connectivity index (χ1v) is 10.5. The molecule has 29 heavy (non-hydrogen) atoms. The summed E-state index contributed by atoms with van der Waals surface area (Å²) in [5.74, 6) is -0.392. The fraction of sp³-hybridized carbons (Fsp3) is 0.591. The average Bonchev–Trinajstić information content (AvgIpc) is 3.44. The van der Waals surface area contributed by atoms with Crippen molar-refractivity contribution in [1.29, 1.82) is 0 Å². The molecule has 1 aromatic carbocycles. The number of rotatable bonds is 5. The highest BCUT2D eigenvalue weighted by Crippen LogP contribution is 2.43. The summed E-state index contributed by atoms with van der Waals surface area (Å²) >= 11 is 0. The molecule has 3 aliphatic heterocycles. The molecule has 156 valence electrons. The van der Waals surface area contributed by atoms with Crippen LogP contribution in [0.2, 0.25) is 0 Å². The normalized spacial score (nSPS) is 29.1. The Labute approximate surface area is 170 Å². The number of ether oxygens (including phenoxy) is 2. The van der Waals surface area contributed by atoms with Crippen LogP contribution < -0.4 is 0 Å². The first-order valence-electron chi connectivity index (χ1n) is 10.5. The molecule has 0 saturated carbocycles. The summed E-state index contributed by atoms with van der Waals surface area (Å²) in [6.07, 6.45) is 2.15. The highest BCUT2D eigenvalue weighted by molar-refractivity contribution is 5.95. The van der Waals surface area contributed by atoms with Crippen molar-refractivity contribution < 1.29 is 23.9 Å². The van der Waals surface area contributed by atoms with Crippen molar-refractivity contribution in [3.8, 4) is 0 Å². The van der Waals surface area contributed by atoms with Crippen molar-refractivity contribution in [3.63, 3.8) is 0 Å². The van der Waals surface area contributed by atoms with E-state index in [0.29, 0.717) is 6.42 Å². The highest BCUT2D eigenvalue weighted by atomic mass is 16.6. The summed E-state index contributed by atoms with van der Waals surface area (Å²) in [5.41, 5.74) is 0.927. The van der Waals surface area contributed by atoms with Crippen LogP contribution >= 0.6 is 0 Å². The predicted octanol–water partition coefficient (Wildman–Crippen LogP) is 3.57. The van der Waals surface area contributed by atoms with Crippen molar-refractivity contribution in [2.45, 2.75) is 64.3 Å². The van der Waals surface area contributed by atoms with Gasteiger partial charge in [0.25, 0.3) is 0 Å². The number of fused-ring (bicyclic) bond motifs is 2. The summed E-state index contributed by atoms with van der Waals surface area (Å²) < 4.78 is 10.7. The quantitative estimate of drug-likeness (QED) is 0.755. The Morgan fingerprint density at radius 1 is 1.24 bits per heavy atom. The van der Waals surface area contributed by atoms with E-state index in [2.05, 4.69) is 0 Å². The van der Waals surface area contributed by atoms with E-state index < -0.39 is 6.09 Å². The lowest BCUT2D eigenvalue weighted by Gasteiger charge is -2.29. The molecule has 3 amide bonds. The van der Waals surface area contributed by atoms with Crippen LogP contribution in [0.4, 0.5) is 9.59 Å². The number of imide groups is 1. The third-order valence-electron chi connectivity index (χ3n) is 6.71. The van der Waals surface area contributed by atoms with Crippen molar-refractivity contribution in [2.24, 2.45) is 11.8 Å². The maximum absolute atomic E-state index is 13.3. The second-order valence-electron chi connectivity index (χ2n) is 8.33. The number of benzene rings is 1. The van der Waals surface area contributed by atoms with Crippen LogP contribution in [0.25, 0.3) is 0 Å². The van der Waals surface area contributed by atoms with Gasteiger partial charge < -0.3 is 14.4 Å². The molecule has 3 heterocycles. The number of carbonyl (C=O) groups is 3. The summed E-state index contributed by atoms with van der Waals surface area (Å²) in [6, 6.07) is 9.11. The lowest BCUT2D eigenvalue weighted by molar-refractivity contribution is -0.135. The molecular weight excluding hydrogens is 372 g/mol. The van der Waals surface area contributed by atoms with Crippen LogP contribution in [-0.2, 0) is 20.9 Å². The van der Waals surface area contributed by atoms with Gasteiger partial charge in [-0.05, 0) is 30.7 Å². The van der Waals surface area contributed by atoms with Crippen molar-refractivity contribution in [3.05, 3.63) is 35.9 Å². The SMILES string of the molecule is CC[C@H](C)[C@H]1COC(=O)N1C(=O)[C@@H]1C[C@H]2CC[C@@H]1N2C(=O)OCc1ccccc1. The fourth-order valence-electron chi connectivity index (χ4n) is 4.89. The molecule has 0 radical (unpaired) electrons. The minimum absolute atomic E-state index is 0.00195. The van der Waals surface area contributed by atoms with Gasteiger partial charge in [0.2, 0.25) is 5.91 Å². The molecule has 1 aromatic rings. The summed E-state index contributed by atoms with van der Waals surface area (Å²) in [7, 11) is 0. The Hall–Kier alpha value is -2.57. The number of hydrogen-bond acceptors (Lipinski definition) is 5. The minimum atomic E-state index is -0.554. The van der Waals surface area contributed by atoms with E-state index >= 15 is 0 Å². The van der Waals surface area contributed by atoms with Gasteiger partial charge in [-0.15, -0.1) is 0 Å². The highest BCUT2D eigenvalue weighted by Gasteiger charge is 2.55. The van der Waals surface area contributed by atoms with E-state index in [-0.39, 0.29) is 55.2 Å². The zero-order valence-corrected chi connectivity index (χ0v) is 17.0. The van der Waals surface area contributed by atoms with E-state index in [0.717, 1.165) is 24.8 Å². The summed E-state index contributed by atoms with van der Waals surface area (Å²) in [5, 5.41) is 0. The first kappa shape index (κ1) is 19.7. The Kier molecular flexibility index (Phi) is 5.48. The molecule has 0 N–H and O–H groups in total. The lowest BCUT2D eigenvalue weighted by Crippen LogP contribution is -2.48. The van der Waals surface area contributed by atoms with Gasteiger partial charge >= 0.3 is 12.2 Å². The molecule has 7 heteroatoms. The molecule has 3 fully saturated rings. The van der Waals surface area contributed by atoms with Crippen LogP contribution in [0, 0.1) is 11.8 Å². The van der Waals surface area contributed by atoms with E-state index in [4.69, 9.17) is 9.47 Å². The van der Waals surface area contributed by atoms with Gasteiger partial charge in [-0.2, -0.15) is 0 Å². The van der Waals surface area contributed by atoms with Crippen LogP contribution in [0.15, 0.2) is 30.3 Å². The summed E-state index contributed by atoms with van der Waals surface area (Å²) in [4.78, 5) is 41.3. The molecule has 3 saturated heterocycles. The maximum Gasteiger partial charge on any atom is 0.416 e. The molecule has 0 aliphatic carbocycles. The van der Waals surface area contributed by atoms with Gasteiger partial charge in [-0.25, -0.2) is 14.5 Å². The fourth-order valence-corrected chi connectivity index (χ4v) is 4.89. The van der Waals surface area contributed by atoms with Crippen LogP contribution in [0.3, 0.4) is 0 Å². The third-order valence-corrected chi connectivity index (χ3v) is 6.71. The number of nitrogens with zero attached hydrogens (tertiary/aromatic N) is 2. The largest absolute Gasteiger partial charge is 0.447 e. The smallest absolute Gasteiger partial charge is 0.416 e. The monoisotopic (exact) mass is 400 g/mol. The van der Waals surface area contributed by atoms with Crippen molar-refractivity contribution >= 4 is 18.1 Å². The van der Waals surface area contributed by atoms with E-state index in [9.17, 15) is 14.4 Å². The molecule has 2 bridgehead atoms. The predicted molar refractivity (Wildman–Crippen MR) is 105 cm³/mol. The van der Waals surface area contributed by atoms with Crippen molar-refractivity contribution in [1.82, 2.24) is 9.80 Å². The summed E-state index contributed by atoms with van der Waals surface area (Å²) in [6.45, 7) is 4.53. The van der Waals surface area contributed by atoms with Crippen molar-refractivity contribution in [2.75, 3.05) is 6.61 Å². The van der Waals surface area contributed by atoms with Crippen LogP contribution in [0.1, 0.15) is 45.1 Å². The average molecular weight is 400 g/mol. The van der Waals surface area contributed by atoms with E-state index in [1.807, 2.05) is 44.2 Å². The molecule has 0 spiro atoms. The number of carbonyl (C=O) groups excluding carboxylic acids is 3.